The summed E-state index contributed by atoms with van der Waals surface area (Å²) in [4.78, 5) is 4.21. The molecule has 0 fully saturated rings. The molecular weight excluding hydrogens is 389 g/mol. The SMILES string of the molecule is CCn1ncnc1COc1nn2c(-c3ccccc3F)nnc2cc1C(C)(C)CO. The number of nitrogens with zero attached hydrogens (tertiary/aromatic N) is 7. The highest BCUT2D eigenvalue weighted by Crippen LogP contribution is 2.32. The van der Waals surface area contributed by atoms with Crippen molar-refractivity contribution >= 4 is 5.65 Å². The summed E-state index contributed by atoms with van der Waals surface area (Å²) in [6, 6.07) is 8.05. The Bertz CT molecular complexity index is 1190. The molecule has 0 atom stereocenters. The maximum Gasteiger partial charge on any atom is 0.236 e. The number of benzene rings is 1. The Hall–Kier alpha value is -3.40. The zero-order valence-corrected chi connectivity index (χ0v) is 16.9. The fraction of sp³-hybridized carbons (Fsp3) is 0.350. The summed E-state index contributed by atoms with van der Waals surface area (Å²) in [6.07, 6.45) is 1.47. The first-order valence-corrected chi connectivity index (χ1v) is 9.56. The van der Waals surface area contributed by atoms with Crippen LogP contribution in [-0.4, -0.2) is 46.3 Å². The van der Waals surface area contributed by atoms with Gasteiger partial charge < -0.3 is 9.84 Å². The maximum absolute atomic E-state index is 14.3. The van der Waals surface area contributed by atoms with E-state index in [1.165, 1.54) is 16.9 Å². The lowest BCUT2D eigenvalue weighted by atomic mass is 9.86. The van der Waals surface area contributed by atoms with E-state index in [1.807, 2.05) is 20.8 Å². The smallest absolute Gasteiger partial charge is 0.236 e. The molecule has 9 nitrogen and oxygen atoms in total. The second-order valence-corrected chi connectivity index (χ2v) is 7.46. The molecule has 156 valence electrons. The molecule has 1 aromatic carbocycles. The average Bonchev–Trinajstić information content (AvgIpc) is 3.38. The van der Waals surface area contributed by atoms with Crippen molar-refractivity contribution in [2.45, 2.75) is 39.3 Å². The minimum Gasteiger partial charge on any atom is -0.468 e. The molecule has 3 aromatic heterocycles. The van der Waals surface area contributed by atoms with E-state index in [1.54, 1.807) is 28.9 Å². The maximum atomic E-state index is 14.3. The van der Waals surface area contributed by atoms with Gasteiger partial charge in [0.05, 0.1) is 12.2 Å². The molecule has 0 bridgehead atoms. The summed E-state index contributed by atoms with van der Waals surface area (Å²) >= 11 is 0. The molecule has 0 aliphatic carbocycles. The number of hydrogen-bond acceptors (Lipinski definition) is 7. The zero-order valence-electron chi connectivity index (χ0n) is 16.9. The standard InChI is InChI=1S/C20H22FN7O2/c1-4-27-17(22-12-23-27)10-30-19-14(20(2,3)11-29)9-16-24-25-18(28(16)26-19)13-7-5-6-8-15(13)21/h5-9,12,29H,4,10-11H2,1-3H3. The Balaban J connectivity index is 1.82. The predicted octanol–water partition coefficient (Wildman–Crippen LogP) is 2.39. The van der Waals surface area contributed by atoms with Gasteiger partial charge in [-0.3, -0.25) is 0 Å². The number of hydrogen-bond donors (Lipinski definition) is 1. The molecule has 0 radical (unpaired) electrons. The Morgan fingerprint density at radius 1 is 1.20 bits per heavy atom. The predicted molar refractivity (Wildman–Crippen MR) is 106 cm³/mol. The highest BCUT2D eigenvalue weighted by Gasteiger charge is 2.28. The van der Waals surface area contributed by atoms with Crippen molar-refractivity contribution in [3.63, 3.8) is 0 Å². The van der Waals surface area contributed by atoms with Crippen LogP contribution >= 0.6 is 0 Å². The van der Waals surface area contributed by atoms with Gasteiger partial charge in [-0.05, 0) is 25.1 Å². The summed E-state index contributed by atoms with van der Waals surface area (Å²) in [5.41, 5.74) is 0.719. The van der Waals surface area contributed by atoms with Gasteiger partial charge in [-0.15, -0.1) is 15.3 Å². The van der Waals surface area contributed by atoms with Crippen LogP contribution in [0.4, 0.5) is 4.39 Å². The zero-order chi connectivity index (χ0) is 21.3. The van der Waals surface area contributed by atoms with Crippen molar-refractivity contribution in [3.05, 3.63) is 53.9 Å². The third kappa shape index (κ3) is 3.50. The quantitative estimate of drug-likeness (QED) is 0.498. The van der Waals surface area contributed by atoms with Crippen LogP contribution in [0.3, 0.4) is 0 Å². The molecule has 4 rings (SSSR count). The molecule has 0 saturated carbocycles. The molecular formula is C20H22FN7O2. The van der Waals surface area contributed by atoms with Crippen molar-refractivity contribution in [1.29, 1.82) is 0 Å². The van der Waals surface area contributed by atoms with Gasteiger partial charge in [-0.1, -0.05) is 26.0 Å². The number of halogens is 1. The van der Waals surface area contributed by atoms with Gasteiger partial charge in [0.2, 0.25) is 5.88 Å². The lowest BCUT2D eigenvalue weighted by Crippen LogP contribution is -2.24. The minimum absolute atomic E-state index is 0.124. The second-order valence-electron chi connectivity index (χ2n) is 7.46. The third-order valence-electron chi connectivity index (χ3n) is 4.93. The molecule has 30 heavy (non-hydrogen) atoms. The van der Waals surface area contributed by atoms with E-state index >= 15 is 0 Å². The Morgan fingerprint density at radius 2 is 2.00 bits per heavy atom. The largest absolute Gasteiger partial charge is 0.468 e. The summed E-state index contributed by atoms with van der Waals surface area (Å²) in [5, 5.41) is 26.9. The topological polar surface area (TPSA) is 103 Å². The van der Waals surface area contributed by atoms with E-state index < -0.39 is 11.2 Å². The van der Waals surface area contributed by atoms with Crippen molar-refractivity contribution in [2.75, 3.05) is 6.61 Å². The summed E-state index contributed by atoms with van der Waals surface area (Å²) in [5.74, 6) is 0.764. The van der Waals surface area contributed by atoms with E-state index in [4.69, 9.17) is 4.74 Å². The van der Waals surface area contributed by atoms with Gasteiger partial charge in [0.25, 0.3) is 0 Å². The van der Waals surface area contributed by atoms with Crippen molar-refractivity contribution in [3.8, 4) is 17.3 Å². The Kier molecular flexibility index (Phi) is 5.17. The van der Waals surface area contributed by atoms with Crippen LogP contribution in [0, 0.1) is 5.82 Å². The van der Waals surface area contributed by atoms with Crippen LogP contribution in [0.15, 0.2) is 36.7 Å². The van der Waals surface area contributed by atoms with Crippen LogP contribution in [0.5, 0.6) is 5.88 Å². The summed E-state index contributed by atoms with van der Waals surface area (Å²) in [7, 11) is 0. The Labute approximate surface area is 172 Å². The molecule has 4 aromatic rings. The highest BCUT2D eigenvalue weighted by molar-refractivity contribution is 5.60. The van der Waals surface area contributed by atoms with Gasteiger partial charge in [0, 0.05) is 17.5 Å². The van der Waals surface area contributed by atoms with E-state index in [0.717, 1.165) is 0 Å². The third-order valence-corrected chi connectivity index (χ3v) is 4.93. The molecule has 0 spiro atoms. The van der Waals surface area contributed by atoms with Gasteiger partial charge in [-0.25, -0.2) is 14.1 Å². The van der Waals surface area contributed by atoms with Crippen molar-refractivity contribution in [1.82, 2.24) is 34.6 Å². The second kappa shape index (κ2) is 7.79. The Morgan fingerprint density at radius 3 is 2.73 bits per heavy atom. The minimum atomic E-state index is -0.646. The molecule has 3 heterocycles. The number of ether oxygens (including phenoxy) is 1. The molecule has 0 unspecified atom stereocenters. The van der Waals surface area contributed by atoms with Crippen LogP contribution in [0.1, 0.15) is 32.2 Å². The van der Waals surface area contributed by atoms with E-state index in [9.17, 15) is 9.50 Å². The number of aromatic nitrogens is 7. The summed E-state index contributed by atoms with van der Waals surface area (Å²) < 4.78 is 23.5. The van der Waals surface area contributed by atoms with E-state index in [0.29, 0.717) is 23.6 Å². The highest BCUT2D eigenvalue weighted by atomic mass is 19.1. The number of aliphatic hydroxyl groups excluding tert-OH is 1. The van der Waals surface area contributed by atoms with Crippen LogP contribution in [0.2, 0.25) is 0 Å². The van der Waals surface area contributed by atoms with Gasteiger partial charge in [-0.2, -0.15) is 9.61 Å². The van der Waals surface area contributed by atoms with Crippen LogP contribution < -0.4 is 4.74 Å². The number of aryl methyl sites for hydroxylation is 1. The van der Waals surface area contributed by atoms with Gasteiger partial charge >= 0.3 is 0 Å². The first kappa shape index (κ1) is 19.9. The molecule has 1 N–H and O–H groups in total. The molecule has 10 heteroatoms. The first-order valence-electron chi connectivity index (χ1n) is 9.56. The molecule has 0 amide bonds. The number of rotatable bonds is 7. The average molecular weight is 411 g/mol. The van der Waals surface area contributed by atoms with Crippen LogP contribution in [0.25, 0.3) is 17.0 Å². The monoisotopic (exact) mass is 411 g/mol. The molecule has 0 aliphatic rings. The van der Waals surface area contributed by atoms with Crippen molar-refractivity contribution in [2.24, 2.45) is 0 Å². The van der Waals surface area contributed by atoms with E-state index in [2.05, 4.69) is 25.4 Å². The van der Waals surface area contributed by atoms with Crippen LogP contribution in [-0.2, 0) is 18.6 Å². The molecule has 0 aliphatic heterocycles. The lowest BCUT2D eigenvalue weighted by molar-refractivity contribution is 0.206. The summed E-state index contributed by atoms with van der Waals surface area (Å²) in [6.45, 7) is 6.37. The van der Waals surface area contributed by atoms with Gasteiger partial charge in [0.1, 0.15) is 18.8 Å². The van der Waals surface area contributed by atoms with E-state index in [-0.39, 0.29) is 30.5 Å². The molecule has 0 saturated heterocycles. The fourth-order valence-corrected chi connectivity index (χ4v) is 3.10. The number of fused-ring (bicyclic) bond motifs is 1. The number of aliphatic hydroxyl groups is 1. The normalized spacial score (nSPS) is 11.9. The van der Waals surface area contributed by atoms with Gasteiger partial charge in [0.15, 0.2) is 17.3 Å². The lowest BCUT2D eigenvalue weighted by Gasteiger charge is -2.24. The first-order chi connectivity index (χ1) is 14.4. The van der Waals surface area contributed by atoms with Crippen molar-refractivity contribution < 1.29 is 14.2 Å². The fourth-order valence-electron chi connectivity index (χ4n) is 3.10.